The summed E-state index contributed by atoms with van der Waals surface area (Å²) in [4.78, 5) is 2.57. The Hall–Kier alpha value is -0.510. The first-order valence-electron chi connectivity index (χ1n) is 8.18. The Morgan fingerprint density at radius 1 is 1.14 bits per heavy atom. The number of rotatable bonds is 5. The molecule has 1 aromatic carbocycles. The highest BCUT2D eigenvalue weighted by molar-refractivity contribution is 8.00. The zero-order chi connectivity index (χ0) is 15.4. The third-order valence-electron chi connectivity index (χ3n) is 4.12. The fraction of sp³-hybridized carbons (Fsp3) is 0.667. The second kappa shape index (κ2) is 7.66. The molecule has 0 spiro atoms. The zero-order valence-electron chi connectivity index (χ0n) is 13.9. The SMILES string of the molecule is CC(C)Cc1ccc(C(CN)N2CC(C)SC(C)C2)cc1. The van der Waals surface area contributed by atoms with Crippen LogP contribution < -0.4 is 5.73 Å². The molecule has 1 fully saturated rings. The standard InChI is InChI=1S/C18H30N2S/c1-13(2)9-16-5-7-17(8-6-16)18(10-19)20-11-14(3)21-15(4)12-20/h5-8,13-15,18H,9-12,19H2,1-4H3. The fourth-order valence-corrected chi connectivity index (χ4v) is 4.66. The maximum Gasteiger partial charge on any atom is 0.0471 e. The van der Waals surface area contributed by atoms with E-state index in [-0.39, 0.29) is 0 Å². The molecule has 1 aliphatic rings. The Kier molecular flexibility index (Phi) is 6.15. The summed E-state index contributed by atoms with van der Waals surface area (Å²) in [5.41, 5.74) is 8.90. The van der Waals surface area contributed by atoms with Crippen molar-refractivity contribution in [1.29, 1.82) is 0 Å². The highest BCUT2D eigenvalue weighted by Gasteiger charge is 2.27. The minimum absolute atomic E-state index is 0.365. The number of nitrogens with zero attached hydrogens (tertiary/aromatic N) is 1. The lowest BCUT2D eigenvalue weighted by molar-refractivity contribution is 0.199. The molecule has 3 unspecified atom stereocenters. The number of nitrogens with two attached hydrogens (primary N) is 1. The first kappa shape index (κ1) is 16.9. The molecule has 0 amide bonds. The molecule has 0 saturated carbocycles. The average Bonchev–Trinajstić information content (AvgIpc) is 2.40. The van der Waals surface area contributed by atoms with Gasteiger partial charge in [-0.15, -0.1) is 0 Å². The summed E-state index contributed by atoms with van der Waals surface area (Å²) < 4.78 is 0. The van der Waals surface area contributed by atoms with Crippen LogP contribution in [0.15, 0.2) is 24.3 Å². The van der Waals surface area contributed by atoms with Crippen molar-refractivity contribution in [1.82, 2.24) is 4.90 Å². The minimum atomic E-state index is 0.365. The van der Waals surface area contributed by atoms with Gasteiger partial charge in [-0.2, -0.15) is 11.8 Å². The molecular weight excluding hydrogens is 276 g/mol. The predicted octanol–water partition coefficient (Wildman–Crippen LogP) is 3.71. The third-order valence-corrected chi connectivity index (χ3v) is 5.35. The van der Waals surface area contributed by atoms with Gasteiger partial charge in [-0.05, 0) is 23.5 Å². The van der Waals surface area contributed by atoms with E-state index in [4.69, 9.17) is 5.73 Å². The molecule has 2 N–H and O–H groups in total. The Morgan fingerprint density at radius 3 is 2.19 bits per heavy atom. The van der Waals surface area contributed by atoms with Gasteiger partial charge in [-0.1, -0.05) is 52.0 Å². The zero-order valence-corrected chi connectivity index (χ0v) is 14.7. The van der Waals surface area contributed by atoms with Gasteiger partial charge in [0.05, 0.1) is 0 Å². The predicted molar refractivity (Wildman–Crippen MR) is 94.9 cm³/mol. The molecule has 0 radical (unpaired) electrons. The number of hydrogen-bond acceptors (Lipinski definition) is 3. The van der Waals surface area contributed by atoms with Crippen LogP contribution in [0.3, 0.4) is 0 Å². The third kappa shape index (κ3) is 4.73. The highest BCUT2D eigenvalue weighted by Crippen LogP contribution is 2.30. The van der Waals surface area contributed by atoms with Crippen LogP contribution in [0.1, 0.15) is 44.9 Å². The van der Waals surface area contributed by atoms with Gasteiger partial charge in [-0.25, -0.2) is 0 Å². The van der Waals surface area contributed by atoms with Crippen molar-refractivity contribution in [2.75, 3.05) is 19.6 Å². The van der Waals surface area contributed by atoms with Gasteiger partial charge < -0.3 is 5.73 Å². The molecule has 3 atom stereocenters. The van der Waals surface area contributed by atoms with Gasteiger partial charge in [0.25, 0.3) is 0 Å². The molecule has 0 bridgehead atoms. The number of thioether (sulfide) groups is 1. The van der Waals surface area contributed by atoms with Gasteiger partial charge in [0.2, 0.25) is 0 Å². The monoisotopic (exact) mass is 306 g/mol. The van der Waals surface area contributed by atoms with Gasteiger partial charge >= 0.3 is 0 Å². The molecular formula is C18H30N2S. The summed E-state index contributed by atoms with van der Waals surface area (Å²) >= 11 is 2.09. The number of hydrogen-bond donors (Lipinski definition) is 1. The van der Waals surface area contributed by atoms with Gasteiger partial charge in [-0.3, -0.25) is 4.90 Å². The van der Waals surface area contributed by atoms with E-state index < -0.39 is 0 Å². The van der Waals surface area contributed by atoms with Gasteiger partial charge in [0.1, 0.15) is 0 Å². The topological polar surface area (TPSA) is 29.3 Å². The van der Waals surface area contributed by atoms with Crippen LogP contribution in [0, 0.1) is 5.92 Å². The summed E-state index contributed by atoms with van der Waals surface area (Å²) in [5.74, 6) is 0.710. The molecule has 3 heteroatoms. The summed E-state index contributed by atoms with van der Waals surface area (Å²) in [6.45, 7) is 12.2. The lowest BCUT2D eigenvalue weighted by atomic mass is 9.98. The largest absolute Gasteiger partial charge is 0.329 e. The molecule has 2 rings (SSSR count). The van der Waals surface area contributed by atoms with E-state index in [2.05, 4.69) is 68.6 Å². The average molecular weight is 307 g/mol. The Morgan fingerprint density at radius 2 is 1.71 bits per heavy atom. The maximum absolute atomic E-state index is 6.10. The van der Waals surface area contributed by atoms with Crippen molar-refractivity contribution in [3.8, 4) is 0 Å². The first-order valence-corrected chi connectivity index (χ1v) is 9.12. The summed E-state index contributed by atoms with van der Waals surface area (Å²) in [6, 6.07) is 9.50. The fourth-order valence-electron chi connectivity index (χ4n) is 3.32. The van der Waals surface area contributed by atoms with Crippen molar-refractivity contribution in [3.63, 3.8) is 0 Å². The Bertz CT molecular complexity index is 419. The van der Waals surface area contributed by atoms with E-state index in [0.29, 0.717) is 29.0 Å². The molecule has 118 valence electrons. The van der Waals surface area contributed by atoms with Gasteiger partial charge in [0.15, 0.2) is 0 Å². The Labute approximate surface area is 134 Å². The highest BCUT2D eigenvalue weighted by atomic mass is 32.2. The van der Waals surface area contributed by atoms with Crippen molar-refractivity contribution in [3.05, 3.63) is 35.4 Å². The van der Waals surface area contributed by atoms with Crippen molar-refractivity contribution < 1.29 is 0 Å². The van der Waals surface area contributed by atoms with Crippen LogP contribution in [0.25, 0.3) is 0 Å². The van der Waals surface area contributed by atoms with E-state index in [1.54, 1.807) is 0 Å². The van der Waals surface area contributed by atoms with E-state index >= 15 is 0 Å². The van der Waals surface area contributed by atoms with Crippen LogP contribution in [0.5, 0.6) is 0 Å². The quantitative estimate of drug-likeness (QED) is 0.899. The summed E-state index contributed by atoms with van der Waals surface area (Å²) in [5, 5.41) is 1.39. The minimum Gasteiger partial charge on any atom is -0.329 e. The molecule has 2 nitrogen and oxygen atoms in total. The van der Waals surface area contributed by atoms with Crippen molar-refractivity contribution in [2.24, 2.45) is 11.7 Å². The van der Waals surface area contributed by atoms with Crippen LogP contribution >= 0.6 is 11.8 Å². The Balaban J connectivity index is 2.09. The van der Waals surface area contributed by atoms with Crippen LogP contribution in [-0.4, -0.2) is 35.0 Å². The van der Waals surface area contributed by atoms with E-state index in [1.807, 2.05) is 0 Å². The maximum atomic E-state index is 6.10. The normalized spacial score (nSPS) is 25.2. The van der Waals surface area contributed by atoms with Crippen molar-refractivity contribution in [2.45, 2.75) is 50.7 Å². The van der Waals surface area contributed by atoms with Crippen LogP contribution in [0.4, 0.5) is 0 Å². The van der Waals surface area contributed by atoms with Crippen LogP contribution in [-0.2, 0) is 6.42 Å². The summed E-state index contributed by atoms with van der Waals surface area (Å²) in [7, 11) is 0. The molecule has 1 aliphatic heterocycles. The molecule has 1 heterocycles. The first-order chi connectivity index (χ1) is 9.99. The smallest absolute Gasteiger partial charge is 0.0471 e. The molecule has 21 heavy (non-hydrogen) atoms. The van der Waals surface area contributed by atoms with E-state index in [0.717, 1.165) is 19.5 Å². The van der Waals surface area contributed by atoms with E-state index in [1.165, 1.54) is 11.1 Å². The van der Waals surface area contributed by atoms with Gasteiger partial charge in [0, 0.05) is 36.2 Å². The summed E-state index contributed by atoms with van der Waals surface area (Å²) in [6.07, 6.45) is 1.15. The molecule has 1 aromatic rings. The number of benzene rings is 1. The lowest BCUT2D eigenvalue weighted by Crippen LogP contribution is -2.44. The van der Waals surface area contributed by atoms with Crippen LogP contribution in [0.2, 0.25) is 0 Å². The van der Waals surface area contributed by atoms with E-state index in [9.17, 15) is 0 Å². The lowest BCUT2D eigenvalue weighted by Gasteiger charge is -2.39. The molecule has 1 saturated heterocycles. The van der Waals surface area contributed by atoms with Crippen molar-refractivity contribution >= 4 is 11.8 Å². The second-order valence-corrected chi connectivity index (χ2v) is 8.68. The second-order valence-electron chi connectivity index (χ2n) is 6.80. The molecule has 0 aliphatic carbocycles. The molecule has 0 aromatic heterocycles.